The van der Waals surface area contributed by atoms with E-state index < -0.39 is 6.10 Å². The number of carbonyl (C=O) groups is 1. The molecule has 0 radical (unpaired) electrons. The van der Waals surface area contributed by atoms with Gasteiger partial charge in [-0.3, -0.25) is 4.90 Å². The molecule has 0 saturated carbocycles. The van der Waals surface area contributed by atoms with Crippen molar-refractivity contribution >= 4 is 6.09 Å². The number of ether oxygens (including phenoxy) is 2. The van der Waals surface area contributed by atoms with Crippen molar-refractivity contribution in [3.63, 3.8) is 0 Å². The van der Waals surface area contributed by atoms with Crippen molar-refractivity contribution in [3.05, 3.63) is 29.8 Å². The van der Waals surface area contributed by atoms with E-state index in [1.54, 1.807) is 18.9 Å². The molecule has 0 spiro atoms. The van der Waals surface area contributed by atoms with Crippen molar-refractivity contribution in [2.24, 2.45) is 0 Å². The molecule has 2 atom stereocenters. The highest BCUT2D eigenvalue weighted by Gasteiger charge is 2.35. The summed E-state index contributed by atoms with van der Waals surface area (Å²) < 4.78 is 10.0. The Balaban J connectivity index is 2.08. The number of hydrogen-bond donors (Lipinski definition) is 1. The first-order valence-corrected chi connectivity index (χ1v) is 5.86. The monoisotopic (exact) mass is 251 g/mol. The third-order valence-corrected chi connectivity index (χ3v) is 3.08. The summed E-state index contributed by atoms with van der Waals surface area (Å²) in [5, 5.41) is 9.61. The zero-order valence-corrected chi connectivity index (χ0v) is 10.5. The van der Waals surface area contributed by atoms with E-state index in [-0.39, 0.29) is 18.7 Å². The van der Waals surface area contributed by atoms with Crippen LogP contribution in [-0.4, -0.2) is 42.0 Å². The van der Waals surface area contributed by atoms with Crippen molar-refractivity contribution in [2.75, 3.05) is 13.7 Å². The number of hydrogen-bond acceptors (Lipinski definition) is 4. The van der Waals surface area contributed by atoms with Gasteiger partial charge in [-0.15, -0.1) is 0 Å². The molecule has 1 N–H and O–H groups in total. The highest BCUT2D eigenvalue weighted by atomic mass is 16.6. The lowest BCUT2D eigenvalue weighted by molar-refractivity contribution is 0.0977. The van der Waals surface area contributed by atoms with Crippen LogP contribution in [0, 0.1) is 0 Å². The average molecular weight is 251 g/mol. The number of nitrogens with zero attached hydrogens (tertiary/aromatic N) is 1. The number of rotatable bonds is 4. The number of amides is 1. The third kappa shape index (κ3) is 2.56. The number of aliphatic hydroxyl groups excluding tert-OH is 1. The fourth-order valence-electron chi connectivity index (χ4n) is 1.97. The van der Waals surface area contributed by atoms with E-state index in [4.69, 9.17) is 9.47 Å². The summed E-state index contributed by atoms with van der Waals surface area (Å²) in [4.78, 5) is 13.1. The first-order valence-electron chi connectivity index (χ1n) is 5.86. The Morgan fingerprint density at radius 2 is 2.17 bits per heavy atom. The molecule has 18 heavy (non-hydrogen) atoms. The maximum absolute atomic E-state index is 11.6. The minimum absolute atomic E-state index is 0.243. The lowest BCUT2D eigenvalue weighted by Crippen LogP contribution is -2.40. The highest BCUT2D eigenvalue weighted by molar-refractivity contribution is 5.70. The predicted octanol–water partition coefficient (Wildman–Crippen LogP) is 1.40. The number of methoxy groups -OCH3 is 1. The highest BCUT2D eigenvalue weighted by Crippen LogP contribution is 2.20. The fourth-order valence-corrected chi connectivity index (χ4v) is 1.97. The Morgan fingerprint density at radius 1 is 1.50 bits per heavy atom. The lowest BCUT2D eigenvalue weighted by atomic mass is 10.1. The summed E-state index contributed by atoms with van der Waals surface area (Å²) >= 11 is 0. The molecule has 2 rings (SSSR count). The minimum atomic E-state index is -0.602. The van der Waals surface area contributed by atoms with Gasteiger partial charge in [-0.2, -0.15) is 0 Å². The van der Waals surface area contributed by atoms with Crippen molar-refractivity contribution in [2.45, 2.75) is 25.6 Å². The largest absolute Gasteiger partial charge is 0.497 e. The molecule has 1 aromatic rings. The fraction of sp³-hybridized carbons (Fsp3) is 0.462. The minimum Gasteiger partial charge on any atom is -0.497 e. The van der Waals surface area contributed by atoms with Gasteiger partial charge in [0.1, 0.15) is 12.4 Å². The summed E-state index contributed by atoms with van der Waals surface area (Å²) in [6.45, 7) is 2.33. The van der Waals surface area contributed by atoms with Gasteiger partial charge < -0.3 is 14.6 Å². The second-order valence-corrected chi connectivity index (χ2v) is 4.36. The van der Waals surface area contributed by atoms with E-state index in [2.05, 4.69) is 0 Å². The topological polar surface area (TPSA) is 59.0 Å². The van der Waals surface area contributed by atoms with Crippen molar-refractivity contribution in [1.82, 2.24) is 4.90 Å². The number of cyclic esters (lactones) is 1. The summed E-state index contributed by atoms with van der Waals surface area (Å²) in [7, 11) is 1.61. The van der Waals surface area contributed by atoms with Crippen LogP contribution in [0.15, 0.2) is 24.3 Å². The van der Waals surface area contributed by atoms with E-state index >= 15 is 0 Å². The summed E-state index contributed by atoms with van der Waals surface area (Å²) in [5.74, 6) is 0.773. The smallest absolute Gasteiger partial charge is 0.410 e. The van der Waals surface area contributed by atoms with Crippen molar-refractivity contribution in [3.8, 4) is 5.75 Å². The summed E-state index contributed by atoms with van der Waals surface area (Å²) in [6, 6.07) is 7.19. The van der Waals surface area contributed by atoms with Crippen LogP contribution in [0.4, 0.5) is 4.79 Å². The van der Waals surface area contributed by atoms with Gasteiger partial charge in [-0.25, -0.2) is 4.79 Å². The van der Waals surface area contributed by atoms with Crippen LogP contribution in [0.3, 0.4) is 0 Å². The summed E-state index contributed by atoms with van der Waals surface area (Å²) in [5.41, 5.74) is 0.973. The number of aliphatic hydroxyl groups is 1. The molecule has 1 saturated heterocycles. The zero-order chi connectivity index (χ0) is 13.1. The zero-order valence-electron chi connectivity index (χ0n) is 10.5. The molecular formula is C13H17NO4. The molecule has 1 heterocycles. The molecule has 1 amide bonds. The van der Waals surface area contributed by atoms with Gasteiger partial charge in [0.2, 0.25) is 0 Å². The van der Waals surface area contributed by atoms with Crippen LogP contribution < -0.4 is 4.74 Å². The standard InChI is InChI=1S/C13H17NO4/c1-9(15)12-8-18-13(16)14(12)7-10-3-5-11(17-2)6-4-10/h3-6,9,12,15H,7-8H2,1-2H3/t9-,12+/m0/s1. The number of carbonyl (C=O) groups excluding carboxylic acids is 1. The molecular weight excluding hydrogens is 234 g/mol. The molecule has 5 nitrogen and oxygen atoms in total. The molecule has 98 valence electrons. The van der Waals surface area contributed by atoms with Crippen LogP contribution in [0.25, 0.3) is 0 Å². The average Bonchev–Trinajstić information content (AvgIpc) is 2.72. The van der Waals surface area contributed by atoms with Gasteiger partial charge in [0.05, 0.1) is 19.3 Å². The second-order valence-electron chi connectivity index (χ2n) is 4.36. The van der Waals surface area contributed by atoms with Crippen LogP contribution in [0.2, 0.25) is 0 Å². The van der Waals surface area contributed by atoms with Gasteiger partial charge in [-0.05, 0) is 24.6 Å². The van der Waals surface area contributed by atoms with Gasteiger partial charge >= 0.3 is 6.09 Å². The predicted molar refractivity (Wildman–Crippen MR) is 65.4 cm³/mol. The van der Waals surface area contributed by atoms with Crippen LogP contribution >= 0.6 is 0 Å². The maximum atomic E-state index is 11.6. The van der Waals surface area contributed by atoms with Gasteiger partial charge in [0.25, 0.3) is 0 Å². The SMILES string of the molecule is COc1ccc(CN2C(=O)OC[C@@H]2[C@H](C)O)cc1. The van der Waals surface area contributed by atoms with Gasteiger partial charge in [0.15, 0.2) is 0 Å². The van der Waals surface area contributed by atoms with Gasteiger partial charge in [-0.1, -0.05) is 12.1 Å². The van der Waals surface area contributed by atoms with Gasteiger partial charge in [0, 0.05) is 6.54 Å². The molecule has 1 fully saturated rings. The molecule has 0 aromatic heterocycles. The first-order chi connectivity index (χ1) is 8.61. The summed E-state index contributed by atoms with van der Waals surface area (Å²) in [6.07, 6.45) is -0.980. The van der Waals surface area contributed by atoms with Crippen LogP contribution in [-0.2, 0) is 11.3 Å². The second kappa shape index (κ2) is 5.27. The van der Waals surface area contributed by atoms with E-state index in [1.165, 1.54) is 0 Å². The van der Waals surface area contributed by atoms with E-state index in [0.717, 1.165) is 11.3 Å². The Labute approximate surface area is 106 Å². The third-order valence-electron chi connectivity index (χ3n) is 3.08. The molecule has 0 unspecified atom stereocenters. The van der Waals surface area contributed by atoms with Crippen LogP contribution in [0.1, 0.15) is 12.5 Å². The Kier molecular flexibility index (Phi) is 3.72. The Morgan fingerprint density at radius 3 is 2.72 bits per heavy atom. The van der Waals surface area contributed by atoms with Crippen molar-refractivity contribution < 1.29 is 19.4 Å². The molecule has 0 aliphatic carbocycles. The van der Waals surface area contributed by atoms with E-state index in [0.29, 0.717) is 6.54 Å². The van der Waals surface area contributed by atoms with E-state index in [1.807, 2.05) is 24.3 Å². The van der Waals surface area contributed by atoms with E-state index in [9.17, 15) is 9.90 Å². The van der Waals surface area contributed by atoms with Crippen LogP contribution in [0.5, 0.6) is 5.75 Å². The molecule has 1 aromatic carbocycles. The first kappa shape index (κ1) is 12.7. The Bertz CT molecular complexity index is 416. The molecule has 1 aliphatic heterocycles. The Hall–Kier alpha value is -1.75. The van der Waals surface area contributed by atoms with Crippen molar-refractivity contribution in [1.29, 1.82) is 0 Å². The lowest BCUT2D eigenvalue weighted by Gasteiger charge is -2.23. The molecule has 5 heteroatoms. The number of benzene rings is 1. The molecule has 1 aliphatic rings. The maximum Gasteiger partial charge on any atom is 0.410 e. The quantitative estimate of drug-likeness (QED) is 0.878. The molecule has 0 bridgehead atoms. The normalized spacial score (nSPS) is 20.7.